The first kappa shape index (κ1) is 31.3. The van der Waals surface area contributed by atoms with Gasteiger partial charge in [0.25, 0.3) is 5.91 Å². The van der Waals surface area contributed by atoms with Gasteiger partial charge in [0.05, 0.1) is 27.5 Å². The van der Waals surface area contributed by atoms with Gasteiger partial charge >= 0.3 is 7.82 Å². The van der Waals surface area contributed by atoms with Gasteiger partial charge in [0, 0.05) is 17.8 Å². The fourth-order valence-corrected chi connectivity index (χ4v) is 3.96. The fraction of sp³-hybridized carbons (Fsp3) is 0.333. The lowest BCUT2D eigenvalue weighted by molar-refractivity contribution is -0.133. The number of nitrogens with one attached hydrogen (secondary N) is 2. The number of phosphoric ester groups is 1. The van der Waals surface area contributed by atoms with E-state index in [0.29, 0.717) is 22.9 Å². The molecule has 15 nitrogen and oxygen atoms in total. The number of hydrogen-bond acceptors (Lipinski definition) is 12. The van der Waals surface area contributed by atoms with Crippen LogP contribution in [0.15, 0.2) is 30.5 Å². The lowest BCUT2D eigenvalue weighted by Crippen LogP contribution is -2.53. The molecule has 0 aliphatic carbocycles. The van der Waals surface area contributed by atoms with Crippen molar-refractivity contribution in [2.24, 2.45) is 0 Å². The van der Waals surface area contributed by atoms with Gasteiger partial charge in [-0.15, -0.1) is 0 Å². The van der Waals surface area contributed by atoms with Gasteiger partial charge in [-0.05, 0) is 26.0 Å². The zero-order valence-electron chi connectivity index (χ0n) is 22.0. The molecule has 222 valence electrons. The average Bonchev–Trinajstić information content (AvgIpc) is 2.89. The van der Waals surface area contributed by atoms with E-state index in [9.17, 15) is 13.8 Å². The highest BCUT2D eigenvalue weighted by molar-refractivity contribution is 7.46. The van der Waals surface area contributed by atoms with Crippen molar-refractivity contribution in [1.82, 2.24) is 15.0 Å². The minimum atomic E-state index is -4.91. The number of methoxy groups -OCH3 is 3. The summed E-state index contributed by atoms with van der Waals surface area (Å²) < 4.78 is 52.1. The second kappa shape index (κ2) is 12.1. The van der Waals surface area contributed by atoms with Crippen LogP contribution in [-0.4, -0.2) is 64.3 Å². The smallest absolute Gasteiger partial charge is 0.471 e. The summed E-state index contributed by atoms with van der Waals surface area (Å²) in [6, 6.07) is 6.12. The number of amides is 1. The molecule has 3 heterocycles. The fourth-order valence-electron chi connectivity index (χ4n) is 3.69. The van der Waals surface area contributed by atoms with Crippen molar-refractivity contribution in [3.63, 3.8) is 0 Å². The second-order valence-corrected chi connectivity index (χ2v) is 9.91. The molecule has 0 spiro atoms. The molecular weight excluding hydrogens is 566 g/mol. The van der Waals surface area contributed by atoms with Gasteiger partial charge in [-0.3, -0.25) is 14.2 Å². The molecule has 2 aromatic heterocycles. The van der Waals surface area contributed by atoms with Gasteiger partial charge in [0.2, 0.25) is 11.7 Å². The number of rotatable bonds is 10. The van der Waals surface area contributed by atoms with Crippen LogP contribution in [0.5, 0.6) is 23.0 Å². The molecule has 1 aliphatic rings. The Hall–Kier alpha value is -4.24. The number of aromatic nitrogens is 3. The Morgan fingerprint density at radius 1 is 1.07 bits per heavy atom. The first-order chi connectivity index (χ1) is 18.8. The maximum atomic E-state index is 14.7. The number of fused-ring (bicyclic) bond motifs is 1. The Morgan fingerprint density at radius 2 is 1.73 bits per heavy atom. The molecule has 17 heteroatoms. The Kier molecular flexibility index (Phi) is 9.23. The Balaban J connectivity index is 0.00000462. The maximum absolute atomic E-state index is 14.7. The molecule has 0 radical (unpaired) electrons. The van der Waals surface area contributed by atoms with Crippen LogP contribution in [0.4, 0.5) is 33.5 Å². The molecule has 0 fully saturated rings. The predicted molar refractivity (Wildman–Crippen MR) is 146 cm³/mol. The first-order valence-corrected chi connectivity index (χ1v) is 13.0. The summed E-state index contributed by atoms with van der Waals surface area (Å²) in [6.45, 7) is 2.16. The number of halogens is 1. The summed E-state index contributed by atoms with van der Waals surface area (Å²) in [7, 11) is -0.521. The molecule has 1 aliphatic heterocycles. The topological polar surface area (TPSA) is 187 Å². The third kappa shape index (κ3) is 6.92. The largest absolute Gasteiger partial charge is 0.493 e. The number of ether oxygens (including phenoxy) is 4. The normalized spacial score (nSPS) is 13.9. The van der Waals surface area contributed by atoms with E-state index in [1.165, 1.54) is 47.3 Å². The summed E-state index contributed by atoms with van der Waals surface area (Å²) in [5.41, 5.74) is -0.911. The summed E-state index contributed by atoms with van der Waals surface area (Å²) in [5, 5.41) is 5.64. The van der Waals surface area contributed by atoms with E-state index < -0.39 is 31.9 Å². The Morgan fingerprint density at radius 3 is 2.32 bits per heavy atom. The molecule has 4 rings (SSSR count). The number of anilines is 5. The zero-order chi connectivity index (χ0) is 29.2. The lowest BCUT2D eigenvalue weighted by Gasteiger charge is -2.37. The van der Waals surface area contributed by atoms with Gasteiger partial charge in [-0.2, -0.15) is 4.98 Å². The number of carbonyl (C=O) groups excluding carboxylic acids is 1. The van der Waals surface area contributed by atoms with Crippen molar-refractivity contribution in [2.45, 2.75) is 26.9 Å². The number of hydrogen-bond donors (Lipinski definition) is 4. The highest BCUT2D eigenvalue weighted by Crippen LogP contribution is 2.42. The van der Waals surface area contributed by atoms with E-state index in [0.717, 1.165) is 11.1 Å². The van der Waals surface area contributed by atoms with Crippen LogP contribution < -0.4 is 34.5 Å². The molecule has 3 aromatic rings. The number of phosphoric acid groups is 1. The monoisotopic (exact) mass is 596 g/mol. The maximum Gasteiger partial charge on any atom is 0.471 e. The minimum Gasteiger partial charge on any atom is -0.493 e. The van der Waals surface area contributed by atoms with Gasteiger partial charge < -0.3 is 39.4 Å². The van der Waals surface area contributed by atoms with Gasteiger partial charge in [-0.25, -0.2) is 18.9 Å². The van der Waals surface area contributed by atoms with E-state index in [1.807, 2.05) is 0 Å². The number of pyridine rings is 1. The summed E-state index contributed by atoms with van der Waals surface area (Å²) in [4.78, 5) is 44.4. The number of nitrogens with zero attached hydrogens (tertiary/aromatic N) is 4. The molecule has 4 N–H and O–H groups in total. The van der Waals surface area contributed by atoms with Crippen molar-refractivity contribution in [3.05, 3.63) is 36.3 Å². The third-order valence-corrected chi connectivity index (χ3v) is 5.94. The molecule has 0 bridgehead atoms. The van der Waals surface area contributed by atoms with Gasteiger partial charge in [0.15, 0.2) is 40.3 Å². The summed E-state index contributed by atoms with van der Waals surface area (Å²) >= 11 is 0. The molecule has 0 saturated carbocycles. The van der Waals surface area contributed by atoms with Crippen LogP contribution in [0.2, 0.25) is 0 Å². The number of carbonyl (C=O) groups is 1. The molecule has 0 atom stereocenters. The van der Waals surface area contributed by atoms with Crippen LogP contribution in [0, 0.1) is 5.82 Å². The SMILES string of the molecule is C.COc1cc(Nc2ncc(F)c(Nc3ccc4c(n3)N(COP(=O)(O)O)C(=O)C(C)(C)O4)n2)cc(OC)c1OC. The molecule has 0 unspecified atom stereocenters. The summed E-state index contributed by atoms with van der Waals surface area (Å²) in [6.07, 6.45) is 0.934. The van der Waals surface area contributed by atoms with Crippen LogP contribution >= 0.6 is 7.82 Å². The van der Waals surface area contributed by atoms with Gasteiger partial charge in [-0.1, -0.05) is 7.43 Å². The second-order valence-electron chi connectivity index (χ2n) is 8.67. The molecule has 0 saturated heterocycles. The van der Waals surface area contributed by atoms with E-state index in [1.54, 1.807) is 12.1 Å². The van der Waals surface area contributed by atoms with Crippen LogP contribution in [0.3, 0.4) is 0 Å². The Bertz CT molecular complexity index is 1460. The third-order valence-electron chi connectivity index (χ3n) is 5.49. The zero-order valence-corrected chi connectivity index (χ0v) is 22.9. The van der Waals surface area contributed by atoms with Crippen molar-refractivity contribution in [2.75, 3.05) is 43.6 Å². The molecular formula is C24H30FN6O9P. The van der Waals surface area contributed by atoms with Crippen molar-refractivity contribution >= 4 is 42.8 Å². The number of benzene rings is 1. The standard InChI is InChI=1S/C23H26FN6O9P.CH4/c1-23(2)21(31)30(11-38-40(32,33)34)20-14(39-23)6-7-17(28-20)27-19-13(24)10-25-22(29-19)26-12-8-15(35-3)18(37-5)16(9-12)36-4;/h6-10H,11H2,1-5H3,(H2,32,33,34)(H2,25,26,27,28,29);1H4. The first-order valence-electron chi connectivity index (χ1n) is 11.4. The molecule has 1 amide bonds. The highest BCUT2D eigenvalue weighted by atomic mass is 31.2. The van der Waals surface area contributed by atoms with E-state index >= 15 is 0 Å². The van der Waals surface area contributed by atoms with E-state index in [2.05, 4.69) is 30.1 Å². The van der Waals surface area contributed by atoms with Crippen LogP contribution in [0.1, 0.15) is 21.3 Å². The Labute approximate surface area is 234 Å². The molecule has 41 heavy (non-hydrogen) atoms. The van der Waals surface area contributed by atoms with Crippen LogP contribution in [-0.2, 0) is 13.9 Å². The minimum absolute atomic E-state index is 0. The predicted octanol–water partition coefficient (Wildman–Crippen LogP) is 3.73. The van der Waals surface area contributed by atoms with Crippen LogP contribution in [0.25, 0.3) is 0 Å². The quantitative estimate of drug-likeness (QED) is 0.248. The van der Waals surface area contributed by atoms with E-state index in [-0.39, 0.29) is 36.6 Å². The van der Waals surface area contributed by atoms with Gasteiger partial charge in [0.1, 0.15) is 12.5 Å². The lowest BCUT2D eigenvalue weighted by atomic mass is 10.1. The highest BCUT2D eigenvalue weighted by Gasteiger charge is 2.42. The van der Waals surface area contributed by atoms with Crippen molar-refractivity contribution < 1.29 is 47.0 Å². The average molecular weight is 597 g/mol. The summed E-state index contributed by atoms with van der Waals surface area (Å²) in [5.74, 6) is -0.550. The van der Waals surface area contributed by atoms with Crippen molar-refractivity contribution in [1.29, 1.82) is 0 Å². The molecule has 1 aromatic carbocycles. The van der Waals surface area contributed by atoms with Crippen molar-refractivity contribution in [3.8, 4) is 23.0 Å². The van der Waals surface area contributed by atoms with E-state index in [4.69, 9.17) is 28.7 Å².